The number of nitrogens with zero attached hydrogens (tertiary/aromatic N) is 4. The van der Waals surface area contributed by atoms with Gasteiger partial charge in [-0.2, -0.15) is 4.68 Å². The molecule has 4 nitrogen and oxygen atoms in total. The van der Waals surface area contributed by atoms with Crippen LogP contribution in [0.4, 0.5) is 0 Å². The molecule has 0 spiro atoms. The Morgan fingerprint density at radius 3 is 2.35 bits per heavy atom. The van der Waals surface area contributed by atoms with Gasteiger partial charge in [0.05, 0.1) is 5.69 Å². The minimum Gasteiger partial charge on any atom is -0.187 e. The lowest BCUT2D eigenvalue weighted by Crippen LogP contribution is -1.97. The maximum atomic E-state index is 4.04. The van der Waals surface area contributed by atoms with Crippen LogP contribution in [0.2, 0.25) is 0 Å². The lowest BCUT2D eigenvalue weighted by molar-refractivity contribution is 0.757. The van der Waals surface area contributed by atoms with Crippen molar-refractivity contribution >= 4 is 17.8 Å². The highest BCUT2D eigenvalue weighted by Gasteiger charge is 2.06. The van der Waals surface area contributed by atoms with Crippen LogP contribution in [0.1, 0.15) is 5.56 Å². The van der Waals surface area contributed by atoms with Gasteiger partial charge in [0, 0.05) is 0 Å². The molecule has 0 saturated carbocycles. The van der Waals surface area contributed by atoms with Gasteiger partial charge < -0.3 is 0 Å². The third-order valence-corrected chi connectivity index (χ3v) is 3.41. The molecule has 0 unspecified atom stereocenters. The Labute approximate surface area is 121 Å². The maximum Gasteiger partial charge on any atom is 0.218 e. The summed E-state index contributed by atoms with van der Waals surface area (Å²) in [5, 5.41) is 14.5. The monoisotopic (exact) mass is 280 g/mol. The third-order valence-electron chi connectivity index (χ3n) is 2.68. The predicted molar refractivity (Wildman–Crippen MR) is 80.5 cm³/mol. The molecule has 0 fully saturated rings. The number of hydrogen-bond acceptors (Lipinski definition) is 4. The summed E-state index contributed by atoms with van der Waals surface area (Å²) in [7, 11) is 0. The molecule has 3 aromatic rings. The zero-order chi connectivity index (χ0) is 13.6. The van der Waals surface area contributed by atoms with Crippen LogP contribution in [0, 0.1) is 0 Å². The second-order valence-electron chi connectivity index (χ2n) is 4.04. The molecule has 20 heavy (non-hydrogen) atoms. The molecule has 3 rings (SSSR count). The van der Waals surface area contributed by atoms with Gasteiger partial charge in [-0.15, -0.1) is 5.10 Å². The number of tetrazole rings is 1. The topological polar surface area (TPSA) is 43.6 Å². The molecule has 0 aliphatic heterocycles. The average Bonchev–Trinajstić information content (AvgIpc) is 2.98. The minimum absolute atomic E-state index is 0.739. The zero-order valence-electron chi connectivity index (χ0n) is 10.6. The number of para-hydroxylation sites is 1. The Morgan fingerprint density at radius 1 is 0.900 bits per heavy atom. The summed E-state index contributed by atoms with van der Waals surface area (Å²) in [6, 6.07) is 20.0. The summed E-state index contributed by atoms with van der Waals surface area (Å²) < 4.78 is 1.72. The second-order valence-corrected chi connectivity index (χ2v) is 4.91. The molecule has 1 heterocycles. The first-order valence-electron chi connectivity index (χ1n) is 6.15. The largest absolute Gasteiger partial charge is 0.218 e. The van der Waals surface area contributed by atoms with Crippen LogP contribution in [0.15, 0.2) is 71.2 Å². The second kappa shape index (κ2) is 6.16. The Bertz CT molecular complexity index is 692. The Hall–Kier alpha value is -2.40. The number of thioether (sulfide) groups is 1. The van der Waals surface area contributed by atoms with Crippen LogP contribution in [-0.2, 0) is 0 Å². The van der Waals surface area contributed by atoms with Crippen molar-refractivity contribution in [3.8, 4) is 5.69 Å². The van der Waals surface area contributed by atoms with Gasteiger partial charge in [-0.3, -0.25) is 0 Å². The quantitative estimate of drug-likeness (QED) is 0.687. The molecule has 0 atom stereocenters. The summed E-state index contributed by atoms with van der Waals surface area (Å²) >= 11 is 1.49. The highest BCUT2D eigenvalue weighted by molar-refractivity contribution is 8.02. The molecule has 2 aromatic carbocycles. The molecule has 5 heteroatoms. The summed E-state index contributed by atoms with van der Waals surface area (Å²) in [6.07, 6.45) is 2.04. The maximum absolute atomic E-state index is 4.04. The lowest BCUT2D eigenvalue weighted by atomic mass is 10.2. The molecular weight excluding hydrogens is 268 g/mol. The number of rotatable bonds is 4. The van der Waals surface area contributed by atoms with Gasteiger partial charge in [-0.05, 0) is 39.6 Å². The molecule has 0 amide bonds. The summed E-state index contributed by atoms with van der Waals surface area (Å²) in [6.45, 7) is 0. The fraction of sp³-hybridized carbons (Fsp3) is 0. The van der Waals surface area contributed by atoms with Crippen LogP contribution in [0.3, 0.4) is 0 Å². The molecular formula is C15H12N4S. The van der Waals surface area contributed by atoms with Crippen LogP contribution in [0.25, 0.3) is 11.8 Å². The van der Waals surface area contributed by atoms with Crippen molar-refractivity contribution in [2.24, 2.45) is 0 Å². The molecule has 0 bridgehead atoms. The normalized spacial score (nSPS) is 11.0. The van der Waals surface area contributed by atoms with Crippen molar-refractivity contribution in [3.05, 3.63) is 71.6 Å². The predicted octanol–water partition coefficient (Wildman–Crippen LogP) is 3.43. The molecule has 0 aliphatic rings. The first-order valence-corrected chi connectivity index (χ1v) is 7.03. The molecule has 0 radical (unpaired) electrons. The van der Waals surface area contributed by atoms with E-state index in [1.54, 1.807) is 4.68 Å². The number of aromatic nitrogens is 4. The first-order chi connectivity index (χ1) is 9.93. The summed E-state index contributed by atoms with van der Waals surface area (Å²) in [4.78, 5) is 0. The fourth-order valence-electron chi connectivity index (χ4n) is 1.72. The Morgan fingerprint density at radius 2 is 1.60 bits per heavy atom. The van der Waals surface area contributed by atoms with E-state index >= 15 is 0 Å². The third kappa shape index (κ3) is 2.95. The van der Waals surface area contributed by atoms with Crippen molar-refractivity contribution in [1.29, 1.82) is 0 Å². The zero-order valence-corrected chi connectivity index (χ0v) is 11.4. The molecule has 0 saturated heterocycles. The van der Waals surface area contributed by atoms with Gasteiger partial charge in [0.1, 0.15) is 0 Å². The van der Waals surface area contributed by atoms with Gasteiger partial charge >= 0.3 is 0 Å². The van der Waals surface area contributed by atoms with E-state index in [2.05, 4.69) is 27.7 Å². The van der Waals surface area contributed by atoms with E-state index in [9.17, 15) is 0 Å². The molecule has 1 aromatic heterocycles. The van der Waals surface area contributed by atoms with E-state index in [1.807, 2.05) is 60.0 Å². The van der Waals surface area contributed by atoms with Crippen LogP contribution in [0.5, 0.6) is 0 Å². The van der Waals surface area contributed by atoms with E-state index in [0.29, 0.717) is 0 Å². The number of hydrogen-bond donors (Lipinski definition) is 0. The van der Waals surface area contributed by atoms with Gasteiger partial charge in [0.15, 0.2) is 0 Å². The van der Waals surface area contributed by atoms with Crippen molar-refractivity contribution in [2.75, 3.05) is 0 Å². The SMILES string of the molecule is C(=Cc1ccccc1)Sc1nnnn1-c1ccccc1. The first kappa shape index (κ1) is 12.6. The average molecular weight is 280 g/mol. The lowest BCUT2D eigenvalue weighted by Gasteiger charge is -2.01. The van der Waals surface area contributed by atoms with Gasteiger partial charge in [0.2, 0.25) is 5.16 Å². The Kier molecular flexibility index (Phi) is 3.89. The van der Waals surface area contributed by atoms with Crippen LogP contribution in [-0.4, -0.2) is 20.2 Å². The minimum atomic E-state index is 0.739. The Balaban J connectivity index is 1.76. The van der Waals surface area contributed by atoms with E-state index in [4.69, 9.17) is 0 Å². The van der Waals surface area contributed by atoms with Crippen molar-refractivity contribution in [3.63, 3.8) is 0 Å². The standard InChI is InChI=1S/C15H12N4S/c1-3-7-13(8-4-1)11-12-20-15-16-17-18-19(15)14-9-5-2-6-10-14/h1-12H. The molecule has 0 N–H and O–H groups in total. The molecule has 98 valence electrons. The van der Waals surface area contributed by atoms with Crippen molar-refractivity contribution < 1.29 is 0 Å². The summed E-state index contributed by atoms with van der Waals surface area (Å²) in [5.41, 5.74) is 2.10. The smallest absolute Gasteiger partial charge is 0.187 e. The van der Waals surface area contributed by atoms with Crippen LogP contribution < -0.4 is 0 Å². The highest BCUT2D eigenvalue weighted by Crippen LogP contribution is 2.20. The van der Waals surface area contributed by atoms with E-state index in [-0.39, 0.29) is 0 Å². The van der Waals surface area contributed by atoms with Crippen LogP contribution >= 0.6 is 11.8 Å². The van der Waals surface area contributed by atoms with Crippen molar-refractivity contribution in [2.45, 2.75) is 5.16 Å². The van der Waals surface area contributed by atoms with E-state index in [1.165, 1.54) is 11.8 Å². The molecule has 0 aliphatic carbocycles. The highest BCUT2D eigenvalue weighted by atomic mass is 32.2. The van der Waals surface area contributed by atoms with E-state index in [0.717, 1.165) is 16.4 Å². The van der Waals surface area contributed by atoms with Gasteiger partial charge in [-0.25, -0.2) is 0 Å². The van der Waals surface area contributed by atoms with E-state index < -0.39 is 0 Å². The van der Waals surface area contributed by atoms with Gasteiger partial charge in [-0.1, -0.05) is 60.3 Å². The fourth-order valence-corrected chi connectivity index (χ4v) is 2.39. The number of benzene rings is 2. The summed E-state index contributed by atoms with van der Waals surface area (Å²) in [5.74, 6) is 0. The van der Waals surface area contributed by atoms with Gasteiger partial charge in [0.25, 0.3) is 0 Å². The van der Waals surface area contributed by atoms with Crippen molar-refractivity contribution in [1.82, 2.24) is 20.2 Å².